The molecular weight excluding hydrogens is 373 g/mol. The number of nitrogen functional groups attached to an aromatic ring is 1. The van der Waals surface area contributed by atoms with Crippen molar-refractivity contribution in [2.24, 2.45) is 0 Å². The molecule has 0 spiro atoms. The molecule has 2 aromatic carbocycles. The van der Waals surface area contributed by atoms with E-state index in [4.69, 9.17) is 28.9 Å². The number of hydrogen-bond acceptors (Lipinski definition) is 2. The number of benzene rings is 2. The summed E-state index contributed by atoms with van der Waals surface area (Å²) in [5.41, 5.74) is 8.94. The maximum atomic E-state index is 6.22. The zero-order valence-corrected chi connectivity index (χ0v) is 13.8. The van der Waals surface area contributed by atoms with Crippen LogP contribution < -0.4 is 5.73 Å². The predicted octanol–water partition coefficient (Wildman–Crippen LogP) is 5.19. The minimum absolute atomic E-state index is 0.523. The highest BCUT2D eigenvalue weighted by Crippen LogP contribution is 2.33. The summed E-state index contributed by atoms with van der Waals surface area (Å²) >= 11 is 15.5. The molecule has 106 valence electrons. The Bertz CT molecular complexity index is 797. The van der Waals surface area contributed by atoms with Crippen molar-refractivity contribution in [3.05, 3.63) is 63.2 Å². The van der Waals surface area contributed by atoms with Crippen LogP contribution in [0, 0.1) is 0 Å². The average Bonchev–Trinajstić information content (AvgIpc) is 2.81. The van der Waals surface area contributed by atoms with Gasteiger partial charge in [0.1, 0.15) is 5.69 Å². The third kappa shape index (κ3) is 2.93. The Morgan fingerprint density at radius 3 is 2.43 bits per heavy atom. The highest BCUT2D eigenvalue weighted by Gasteiger charge is 2.13. The van der Waals surface area contributed by atoms with Gasteiger partial charge in [0, 0.05) is 15.1 Å². The molecule has 1 heterocycles. The quantitative estimate of drug-likeness (QED) is 0.662. The smallest absolute Gasteiger partial charge is 0.117 e. The normalized spacial score (nSPS) is 10.8. The maximum Gasteiger partial charge on any atom is 0.117 e. The molecule has 3 nitrogen and oxygen atoms in total. The van der Waals surface area contributed by atoms with Crippen molar-refractivity contribution in [3.8, 4) is 16.9 Å². The maximum absolute atomic E-state index is 6.22. The van der Waals surface area contributed by atoms with Gasteiger partial charge in [-0.1, -0.05) is 39.1 Å². The number of anilines is 1. The second kappa shape index (κ2) is 5.72. The van der Waals surface area contributed by atoms with Crippen LogP contribution >= 0.6 is 39.1 Å². The van der Waals surface area contributed by atoms with Crippen LogP contribution in [0.15, 0.2) is 53.1 Å². The summed E-state index contributed by atoms with van der Waals surface area (Å²) < 4.78 is 2.73. The monoisotopic (exact) mass is 381 g/mol. The Hall–Kier alpha value is -1.49. The van der Waals surface area contributed by atoms with Crippen LogP contribution in [0.4, 0.5) is 5.69 Å². The van der Waals surface area contributed by atoms with E-state index >= 15 is 0 Å². The first-order valence-electron chi connectivity index (χ1n) is 6.11. The second-order valence-electron chi connectivity index (χ2n) is 4.48. The lowest BCUT2D eigenvalue weighted by Crippen LogP contribution is -1.94. The molecule has 3 aromatic rings. The minimum atomic E-state index is 0.523. The Kier molecular flexibility index (Phi) is 3.93. The zero-order chi connectivity index (χ0) is 15.0. The molecule has 0 amide bonds. The summed E-state index contributed by atoms with van der Waals surface area (Å²) in [6.45, 7) is 0. The summed E-state index contributed by atoms with van der Waals surface area (Å²) in [6, 6.07) is 13.0. The average molecular weight is 383 g/mol. The lowest BCUT2D eigenvalue weighted by Gasteiger charge is -2.03. The standard InChI is InChI=1S/C15H10BrCl2N3/c16-9-1-4-11(5-2-9)21-8-14(19)15(20-21)12-6-3-10(17)7-13(12)18/h1-8H,19H2. The molecule has 21 heavy (non-hydrogen) atoms. The lowest BCUT2D eigenvalue weighted by molar-refractivity contribution is 0.884. The first kappa shape index (κ1) is 14.4. The van der Waals surface area contributed by atoms with Crippen LogP contribution in [0.1, 0.15) is 0 Å². The van der Waals surface area contributed by atoms with Crippen molar-refractivity contribution in [1.29, 1.82) is 0 Å². The highest BCUT2D eigenvalue weighted by molar-refractivity contribution is 9.10. The van der Waals surface area contributed by atoms with E-state index in [0.29, 0.717) is 21.4 Å². The number of hydrogen-bond donors (Lipinski definition) is 1. The number of nitrogens with two attached hydrogens (primary N) is 1. The second-order valence-corrected chi connectivity index (χ2v) is 6.24. The highest BCUT2D eigenvalue weighted by atomic mass is 79.9. The van der Waals surface area contributed by atoms with Crippen molar-refractivity contribution in [1.82, 2.24) is 9.78 Å². The van der Waals surface area contributed by atoms with Gasteiger partial charge in [-0.2, -0.15) is 5.10 Å². The molecule has 3 rings (SSSR count). The fourth-order valence-corrected chi connectivity index (χ4v) is 2.77. The molecule has 0 aliphatic heterocycles. The molecule has 0 aliphatic carbocycles. The molecule has 0 saturated heterocycles. The first-order valence-corrected chi connectivity index (χ1v) is 7.66. The largest absolute Gasteiger partial charge is 0.396 e. The molecule has 0 atom stereocenters. The van der Waals surface area contributed by atoms with Crippen LogP contribution in [-0.2, 0) is 0 Å². The van der Waals surface area contributed by atoms with Gasteiger partial charge in [-0.15, -0.1) is 0 Å². The summed E-state index contributed by atoms with van der Waals surface area (Å²) in [5, 5.41) is 5.62. The van der Waals surface area contributed by atoms with Gasteiger partial charge in [-0.05, 0) is 42.5 Å². The van der Waals surface area contributed by atoms with Crippen LogP contribution in [0.25, 0.3) is 16.9 Å². The van der Waals surface area contributed by atoms with E-state index in [0.717, 1.165) is 15.7 Å². The van der Waals surface area contributed by atoms with Gasteiger partial charge in [-0.25, -0.2) is 4.68 Å². The Balaban J connectivity index is 2.07. The minimum Gasteiger partial charge on any atom is -0.396 e. The van der Waals surface area contributed by atoms with Gasteiger partial charge < -0.3 is 5.73 Å². The molecule has 0 bridgehead atoms. The third-order valence-corrected chi connectivity index (χ3v) is 4.10. The molecule has 0 saturated carbocycles. The molecule has 0 radical (unpaired) electrons. The summed E-state index contributed by atoms with van der Waals surface area (Å²) in [6.07, 6.45) is 1.77. The van der Waals surface area contributed by atoms with Gasteiger partial charge in [0.05, 0.1) is 22.6 Å². The van der Waals surface area contributed by atoms with Crippen molar-refractivity contribution >= 4 is 44.8 Å². The SMILES string of the molecule is Nc1cn(-c2ccc(Br)cc2)nc1-c1ccc(Cl)cc1Cl. The van der Waals surface area contributed by atoms with Gasteiger partial charge in [0.2, 0.25) is 0 Å². The Morgan fingerprint density at radius 1 is 1.05 bits per heavy atom. The van der Waals surface area contributed by atoms with Crippen LogP contribution in [-0.4, -0.2) is 9.78 Å². The zero-order valence-electron chi connectivity index (χ0n) is 10.7. The molecule has 6 heteroatoms. The first-order chi connectivity index (χ1) is 10.0. The van der Waals surface area contributed by atoms with Crippen molar-refractivity contribution < 1.29 is 0 Å². The summed E-state index contributed by atoms with van der Waals surface area (Å²) in [5.74, 6) is 0. The third-order valence-electron chi connectivity index (χ3n) is 3.02. The molecule has 1 aromatic heterocycles. The number of rotatable bonds is 2. The topological polar surface area (TPSA) is 43.8 Å². The number of aromatic nitrogens is 2. The molecule has 2 N–H and O–H groups in total. The predicted molar refractivity (Wildman–Crippen MR) is 91.1 cm³/mol. The van der Waals surface area contributed by atoms with E-state index in [9.17, 15) is 0 Å². The van der Waals surface area contributed by atoms with E-state index in [1.807, 2.05) is 30.3 Å². The van der Waals surface area contributed by atoms with Crippen LogP contribution in [0.3, 0.4) is 0 Å². The van der Waals surface area contributed by atoms with E-state index in [-0.39, 0.29) is 0 Å². The van der Waals surface area contributed by atoms with Crippen molar-refractivity contribution in [3.63, 3.8) is 0 Å². The fraction of sp³-hybridized carbons (Fsp3) is 0. The molecule has 0 fully saturated rings. The molecule has 0 aliphatic rings. The molecular formula is C15H10BrCl2N3. The van der Waals surface area contributed by atoms with Crippen molar-refractivity contribution in [2.75, 3.05) is 5.73 Å². The van der Waals surface area contributed by atoms with E-state index in [2.05, 4.69) is 21.0 Å². The lowest BCUT2D eigenvalue weighted by atomic mass is 10.1. The van der Waals surface area contributed by atoms with Gasteiger partial charge in [0.15, 0.2) is 0 Å². The number of nitrogens with zero attached hydrogens (tertiary/aromatic N) is 2. The Labute approximate surface area is 140 Å². The number of halogens is 3. The molecule has 0 unspecified atom stereocenters. The van der Waals surface area contributed by atoms with Crippen LogP contribution in [0.2, 0.25) is 10.0 Å². The van der Waals surface area contributed by atoms with Gasteiger partial charge >= 0.3 is 0 Å². The van der Waals surface area contributed by atoms with Crippen molar-refractivity contribution in [2.45, 2.75) is 0 Å². The fourth-order valence-electron chi connectivity index (χ4n) is 2.00. The van der Waals surface area contributed by atoms with E-state index in [1.165, 1.54) is 0 Å². The van der Waals surface area contributed by atoms with E-state index in [1.54, 1.807) is 23.0 Å². The Morgan fingerprint density at radius 2 is 1.76 bits per heavy atom. The van der Waals surface area contributed by atoms with Gasteiger partial charge in [0.25, 0.3) is 0 Å². The summed E-state index contributed by atoms with van der Waals surface area (Å²) in [4.78, 5) is 0. The van der Waals surface area contributed by atoms with Gasteiger partial charge in [-0.3, -0.25) is 0 Å². The summed E-state index contributed by atoms with van der Waals surface area (Å²) in [7, 11) is 0. The van der Waals surface area contributed by atoms with E-state index < -0.39 is 0 Å². The van der Waals surface area contributed by atoms with Crippen LogP contribution in [0.5, 0.6) is 0 Å².